The van der Waals surface area contributed by atoms with Gasteiger partial charge in [0.1, 0.15) is 11.6 Å². The molecule has 0 spiro atoms. The summed E-state index contributed by atoms with van der Waals surface area (Å²) in [6.45, 7) is 16.9. The fourth-order valence-corrected chi connectivity index (χ4v) is 5.87. The van der Waals surface area contributed by atoms with Crippen molar-refractivity contribution in [1.29, 1.82) is 0 Å². The van der Waals surface area contributed by atoms with E-state index in [2.05, 4.69) is 29.2 Å². The molecule has 3 atom stereocenters. The van der Waals surface area contributed by atoms with Crippen molar-refractivity contribution in [2.45, 2.75) is 91.8 Å². The number of rotatable bonds is 9. The van der Waals surface area contributed by atoms with E-state index in [1.54, 1.807) is 0 Å². The Labute approximate surface area is 200 Å². The van der Waals surface area contributed by atoms with Gasteiger partial charge in [0.15, 0.2) is 0 Å². The second kappa shape index (κ2) is 9.97. The van der Waals surface area contributed by atoms with Gasteiger partial charge in [0, 0.05) is 42.8 Å². The second-order valence-electron chi connectivity index (χ2n) is 12.1. The van der Waals surface area contributed by atoms with Crippen LogP contribution in [0, 0.1) is 23.7 Å². The van der Waals surface area contributed by atoms with Crippen molar-refractivity contribution in [3.63, 3.8) is 0 Å². The molecular weight excluding hydrogens is 412 g/mol. The molecular formula is C28H44N2O3. The maximum absolute atomic E-state index is 13.4. The molecule has 5 heteroatoms. The molecule has 2 heterocycles. The minimum Gasteiger partial charge on any atom is -0.313 e. The van der Waals surface area contributed by atoms with Gasteiger partial charge in [0.2, 0.25) is 0 Å². The van der Waals surface area contributed by atoms with E-state index in [1.807, 2.05) is 48.5 Å². The first-order valence-corrected chi connectivity index (χ1v) is 12.7. The van der Waals surface area contributed by atoms with Crippen LogP contribution in [0.3, 0.4) is 0 Å². The van der Waals surface area contributed by atoms with E-state index in [0.29, 0.717) is 24.5 Å². The highest BCUT2D eigenvalue weighted by molar-refractivity contribution is 5.85. The highest BCUT2D eigenvalue weighted by Gasteiger charge is 2.54. The Hall–Kier alpha value is -1.56. The van der Waals surface area contributed by atoms with E-state index < -0.39 is 11.1 Å². The van der Waals surface area contributed by atoms with Gasteiger partial charge in [-0.2, -0.15) is 5.06 Å². The molecule has 2 unspecified atom stereocenters. The molecule has 0 aliphatic carbocycles. The average molecular weight is 457 g/mol. The van der Waals surface area contributed by atoms with Crippen LogP contribution in [0.4, 0.5) is 0 Å². The molecule has 2 saturated heterocycles. The molecule has 5 nitrogen and oxygen atoms in total. The molecule has 0 amide bonds. The zero-order valence-corrected chi connectivity index (χ0v) is 21.7. The normalized spacial score (nSPS) is 26.1. The largest absolute Gasteiger partial charge is 0.313 e. The van der Waals surface area contributed by atoms with Crippen LogP contribution in [0.15, 0.2) is 24.3 Å². The van der Waals surface area contributed by atoms with Gasteiger partial charge in [-0.05, 0) is 70.5 Å². The van der Waals surface area contributed by atoms with Gasteiger partial charge < -0.3 is 5.21 Å². The van der Waals surface area contributed by atoms with Crippen LogP contribution in [-0.4, -0.2) is 50.9 Å². The zero-order valence-electron chi connectivity index (χ0n) is 21.7. The third-order valence-corrected chi connectivity index (χ3v) is 7.95. The van der Waals surface area contributed by atoms with Crippen molar-refractivity contribution in [2.24, 2.45) is 23.7 Å². The predicted octanol–water partition coefficient (Wildman–Crippen LogP) is 5.14. The summed E-state index contributed by atoms with van der Waals surface area (Å²) in [4.78, 5) is 27.9. The third kappa shape index (κ3) is 5.93. The number of hydroxylamine groups is 2. The summed E-state index contributed by atoms with van der Waals surface area (Å²) in [5, 5.41) is 12.0. The van der Waals surface area contributed by atoms with E-state index in [1.165, 1.54) is 16.2 Å². The van der Waals surface area contributed by atoms with Crippen LogP contribution in [0.25, 0.3) is 0 Å². The Morgan fingerprint density at radius 1 is 1.12 bits per heavy atom. The highest BCUT2D eigenvalue weighted by atomic mass is 16.5. The lowest BCUT2D eigenvalue weighted by atomic mass is 9.78. The summed E-state index contributed by atoms with van der Waals surface area (Å²) in [7, 11) is 0. The predicted molar refractivity (Wildman–Crippen MR) is 132 cm³/mol. The maximum atomic E-state index is 13.4. The summed E-state index contributed by atoms with van der Waals surface area (Å²) in [6.07, 6.45) is 3.19. The number of carbonyl (C=O) groups is 2. The Morgan fingerprint density at radius 3 is 2.39 bits per heavy atom. The highest BCUT2D eigenvalue weighted by Crippen LogP contribution is 2.45. The minimum absolute atomic E-state index is 0.0926. The van der Waals surface area contributed by atoms with Gasteiger partial charge in [-0.25, -0.2) is 0 Å². The quantitative estimate of drug-likeness (QED) is 0.557. The third-order valence-electron chi connectivity index (χ3n) is 7.95. The molecule has 1 aromatic carbocycles. The fraction of sp³-hybridized carbons (Fsp3) is 0.714. The first kappa shape index (κ1) is 26.1. The maximum Gasteiger partial charge on any atom is 0.141 e. The first-order valence-electron chi connectivity index (χ1n) is 12.7. The Bertz CT molecular complexity index is 860. The van der Waals surface area contributed by atoms with Crippen LogP contribution in [-0.2, 0) is 22.6 Å². The topological polar surface area (TPSA) is 60.9 Å². The van der Waals surface area contributed by atoms with E-state index in [-0.39, 0.29) is 23.5 Å². The summed E-state index contributed by atoms with van der Waals surface area (Å²) in [5.74, 6) is 0.955. The number of carbonyl (C=O) groups excluding carboxylic acids is 2. The van der Waals surface area contributed by atoms with Gasteiger partial charge in [-0.3, -0.25) is 14.5 Å². The smallest absolute Gasteiger partial charge is 0.141 e. The summed E-state index contributed by atoms with van der Waals surface area (Å²) in [6, 6.07) is 8.60. The molecule has 0 saturated carbocycles. The Kier molecular flexibility index (Phi) is 7.87. The molecule has 2 aliphatic rings. The van der Waals surface area contributed by atoms with E-state index in [9.17, 15) is 14.8 Å². The summed E-state index contributed by atoms with van der Waals surface area (Å²) < 4.78 is 0. The van der Waals surface area contributed by atoms with E-state index in [4.69, 9.17) is 0 Å². The molecule has 33 heavy (non-hydrogen) atoms. The molecule has 0 radical (unpaired) electrons. The monoisotopic (exact) mass is 456 g/mol. The first-order chi connectivity index (χ1) is 15.3. The number of likely N-dealkylation sites (tertiary alicyclic amines) is 1. The number of benzene rings is 1. The minimum atomic E-state index is -0.556. The molecule has 3 rings (SSSR count). The molecule has 184 valence electrons. The van der Waals surface area contributed by atoms with Crippen molar-refractivity contribution < 1.29 is 14.8 Å². The lowest BCUT2D eigenvalue weighted by Gasteiger charge is -2.36. The molecule has 2 aliphatic heterocycles. The van der Waals surface area contributed by atoms with Crippen LogP contribution in [0.2, 0.25) is 0 Å². The van der Waals surface area contributed by atoms with Crippen LogP contribution >= 0.6 is 0 Å². The lowest BCUT2D eigenvalue weighted by Crippen LogP contribution is -2.48. The fourth-order valence-electron chi connectivity index (χ4n) is 5.87. The standard InChI is InChI=1S/C28H44N2O3/c1-19(2)25(31)15-23-11-12-29(18-23)17-22-10-8-9-21(14-22)13-20(3)26(32)24-16-27(4,5)30(33)28(24,6)7/h8-10,14,19-20,23-24,33H,11-13,15-18H2,1-7H3/t20?,23-,24?/m1/s1. The number of ketones is 2. The van der Waals surface area contributed by atoms with Crippen LogP contribution in [0.1, 0.15) is 78.9 Å². The van der Waals surface area contributed by atoms with Crippen LogP contribution in [0.5, 0.6) is 0 Å². The zero-order chi connectivity index (χ0) is 24.6. The molecule has 1 N–H and O–H groups in total. The van der Waals surface area contributed by atoms with E-state index in [0.717, 1.165) is 32.5 Å². The molecule has 2 fully saturated rings. The van der Waals surface area contributed by atoms with Crippen molar-refractivity contribution in [2.75, 3.05) is 13.1 Å². The van der Waals surface area contributed by atoms with E-state index >= 15 is 0 Å². The second-order valence-corrected chi connectivity index (χ2v) is 12.1. The van der Waals surface area contributed by atoms with Gasteiger partial charge in [0.05, 0.1) is 5.54 Å². The van der Waals surface area contributed by atoms with Crippen LogP contribution < -0.4 is 0 Å². The van der Waals surface area contributed by atoms with Gasteiger partial charge in [-0.15, -0.1) is 0 Å². The summed E-state index contributed by atoms with van der Waals surface area (Å²) in [5.41, 5.74) is 1.51. The van der Waals surface area contributed by atoms with Gasteiger partial charge >= 0.3 is 0 Å². The number of hydrogen-bond acceptors (Lipinski definition) is 5. The van der Waals surface area contributed by atoms with Gasteiger partial charge in [-0.1, -0.05) is 45.0 Å². The number of nitrogens with zero attached hydrogens (tertiary/aromatic N) is 2. The van der Waals surface area contributed by atoms with Crippen molar-refractivity contribution >= 4 is 11.6 Å². The molecule has 0 bridgehead atoms. The number of hydrogen-bond donors (Lipinski definition) is 1. The summed E-state index contributed by atoms with van der Waals surface area (Å²) >= 11 is 0. The number of Topliss-reactive ketones (excluding diaryl/α,β-unsaturated/α-hetero) is 2. The average Bonchev–Trinajstić information content (AvgIpc) is 3.23. The van der Waals surface area contributed by atoms with Crippen molar-refractivity contribution in [3.05, 3.63) is 35.4 Å². The Morgan fingerprint density at radius 2 is 1.79 bits per heavy atom. The van der Waals surface area contributed by atoms with Gasteiger partial charge in [0.25, 0.3) is 0 Å². The molecule has 1 aromatic rings. The lowest BCUT2D eigenvalue weighted by molar-refractivity contribution is -0.197. The SMILES string of the molecule is CC(C)C(=O)C[C@H]1CCN(Cc2cccc(CC(C)C(=O)C3CC(C)(C)N(O)C3(C)C)c2)C1. The molecule has 0 aromatic heterocycles. The Balaban J connectivity index is 1.58. The van der Waals surface area contributed by atoms with Crippen molar-refractivity contribution in [3.8, 4) is 0 Å². The van der Waals surface area contributed by atoms with Crippen molar-refractivity contribution in [1.82, 2.24) is 9.96 Å².